The predicted octanol–water partition coefficient (Wildman–Crippen LogP) is 4.99. The highest BCUT2D eigenvalue weighted by Gasteiger charge is 2.29. The van der Waals surface area contributed by atoms with Crippen LogP contribution in [0.2, 0.25) is 0 Å². The van der Waals surface area contributed by atoms with Crippen LogP contribution in [-0.2, 0) is 0 Å². The van der Waals surface area contributed by atoms with E-state index in [-0.39, 0.29) is 5.78 Å². The highest BCUT2D eigenvalue weighted by atomic mass is 16.5. The zero-order valence-electron chi connectivity index (χ0n) is 15.1. The summed E-state index contributed by atoms with van der Waals surface area (Å²) in [7, 11) is 3.23. The molecule has 1 aliphatic rings. The number of rotatable bonds is 4. The summed E-state index contributed by atoms with van der Waals surface area (Å²) in [5, 5.41) is 0. The lowest BCUT2D eigenvalue weighted by Crippen LogP contribution is -1.98. The van der Waals surface area contributed by atoms with E-state index >= 15 is 0 Å². The normalized spacial score (nSPS) is 14.0. The van der Waals surface area contributed by atoms with Crippen LogP contribution in [0.3, 0.4) is 0 Å². The monoisotopic (exact) mass is 358 g/mol. The van der Waals surface area contributed by atoms with Crippen molar-refractivity contribution in [3.63, 3.8) is 0 Å². The van der Waals surface area contributed by atoms with Gasteiger partial charge in [-0.1, -0.05) is 42.5 Å². The number of hydrogen-bond donors (Lipinski definition) is 0. The first-order valence-electron chi connectivity index (χ1n) is 8.55. The van der Waals surface area contributed by atoms with Crippen LogP contribution in [0.25, 0.3) is 17.2 Å². The van der Waals surface area contributed by atoms with Gasteiger partial charge in [-0.15, -0.1) is 0 Å². The number of allylic oxidation sites excluding steroid dienone is 1. The van der Waals surface area contributed by atoms with Crippen molar-refractivity contribution in [2.75, 3.05) is 14.2 Å². The van der Waals surface area contributed by atoms with Crippen LogP contribution < -0.4 is 14.2 Å². The Morgan fingerprint density at radius 2 is 1.59 bits per heavy atom. The molecule has 4 nitrogen and oxygen atoms in total. The van der Waals surface area contributed by atoms with E-state index in [9.17, 15) is 4.79 Å². The molecular weight excluding hydrogens is 340 g/mol. The summed E-state index contributed by atoms with van der Waals surface area (Å²) in [5.74, 6) is 2.10. The fraction of sp³-hybridized carbons (Fsp3) is 0.0870. The summed E-state index contributed by atoms with van der Waals surface area (Å²) in [5.41, 5.74) is 3.21. The van der Waals surface area contributed by atoms with Gasteiger partial charge in [0.2, 0.25) is 5.78 Å². The molecule has 0 bridgehead atoms. The molecule has 4 rings (SSSR count). The molecule has 0 atom stereocenters. The van der Waals surface area contributed by atoms with E-state index in [0.29, 0.717) is 22.8 Å². The fourth-order valence-electron chi connectivity index (χ4n) is 3.08. The third-order valence-electron chi connectivity index (χ3n) is 4.49. The van der Waals surface area contributed by atoms with Gasteiger partial charge in [-0.2, -0.15) is 0 Å². The molecule has 0 N–H and O–H groups in total. The van der Waals surface area contributed by atoms with Crippen LogP contribution in [0.4, 0.5) is 0 Å². The zero-order valence-corrected chi connectivity index (χ0v) is 15.1. The van der Waals surface area contributed by atoms with Crippen molar-refractivity contribution < 1.29 is 19.0 Å². The average molecular weight is 358 g/mol. The molecule has 1 heterocycles. The molecule has 0 saturated heterocycles. The van der Waals surface area contributed by atoms with Crippen molar-refractivity contribution in [2.45, 2.75) is 0 Å². The van der Waals surface area contributed by atoms with Crippen LogP contribution in [0.1, 0.15) is 15.9 Å². The van der Waals surface area contributed by atoms with Crippen molar-refractivity contribution in [3.8, 4) is 28.4 Å². The lowest BCUT2D eigenvalue weighted by atomic mass is 9.99. The first-order chi connectivity index (χ1) is 13.2. The third kappa shape index (κ3) is 3.17. The van der Waals surface area contributed by atoms with Gasteiger partial charge in [-0.3, -0.25) is 4.79 Å². The molecule has 0 aliphatic carbocycles. The molecule has 0 spiro atoms. The Labute approximate surface area is 157 Å². The van der Waals surface area contributed by atoms with Crippen LogP contribution >= 0.6 is 0 Å². The summed E-state index contributed by atoms with van der Waals surface area (Å²) in [6.45, 7) is 0. The van der Waals surface area contributed by atoms with Gasteiger partial charge in [0.05, 0.1) is 19.8 Å². The number of ketones is 1. The summed E-state index contributed by atoms with van der Waals surface area (Å²) < 4.78 is 16.5. The standard InChI is InChI=1S/C23H18O4/c1-25-17-10-8-16(9-11-17)18-13-19-21(14-20(18)26-2)27-22(23(19)24)12-15-6-4-3-5-7-15/h3-14H,1-2H3/b22-12-. The number of fused-ring (bicyclic) bond motifs is 1. The number of methoxy groups -OCH3 is 2. The van der Waals surface area contributed by atoms with Gasteiger partial charge in [0.25, 0.3) is 0 Å². The topological polar surface area (TPSA) is 44.8 Å². The van der Waals surface area contributed by atoms with Gasteiger partial charge < -0.3 is 14.2 Å². The Hall–Kier alpha value is -3.53. The van der Waals surface area contributed by atoms with Crippen LogP contribution in [0.5, 0.6) is 17.2 Å². The number of ether oxygens (including phenoxy) is 3. The Balaban J connectivity index is 1.75. The molecule has 3 aromatic rings. The Bertz CT molecular complexity index is 1020. The first kappa shape index (κ1) is 16.9. The van der Waals surface area contributed by atoms with E-state index in [4.69, 9.17) is 14.2 Å². The highest BCUT2D eigenvalue weighted by molar-refractivity contribution is 6.15. The smallest absolute Gasteiger partial charge is 0.231 e. The fourth-order valence-corrected chi connectivity index (χ4v) is 3.08. The van der Waals surface area contributed by atoms with Crippen LogP contribution in [-0.4, -0.2) is 20.0 Å². The summed E-state index contributed by atoms with van der Waals surface area (Å²) in [4.78, 5) is 12.8. The van der Waals surface area contributed by atoms with E-state index in [1.807, 2.05) is 60.7 Å². The molecule has 0 radical (unpaired) electrons. The van der Waals surface area contributed by atoms with Crippen molar-refractivity contribution in [2.24, 2.45) is 0 Å². The maximum Gasteiger partial charge on any atom is 0.231 e. The molecule has 0 aromatic heterocycles. The Morgan fingerprint density at radius 1 is 0.852 bits per heavy atom. The maximum absolute atomic E-state index is 12.8. The molecule has 3 aromatic carbocycles. The highest BCUT2D eigenvalue weighted by Crippen LogP contribution is 2.41. The molecule has 134 valence electrons. The first-order valence-corrected chi connectivity index (χ1v) is 8.55. The lowest BCUT2D eigenvalue weighted by molar-refractivity contribution is 0.101. The quantitative estimate of drug-likeness (QED) is 0.617. The summed E-state index contributed by atoms with van der Waals surface area (Å²) in [6.07, 6.45) is 1.75. The predicted molar refractivity (Wildman–Crippen MR) is 104 cm³/mol. The minimum atomic E-state index is -0.133. The van der Waals surface area contributed by atoms with Gasteiger partial charge in [-0.05, 0) is 35.4 Å². The van der Waals surface area contributed by atoms with Crippen molar-refractivity contribution in [3.05, 3.63) is 83.6 Å². The molecule has 0 amide bonds. The van der Waals surface area contributed by atoms with E-state index in [1.54, 1.807) is 26.4 Å². The number of carbonyl (C=O) groups excluding carboxylic acids is 1. The second kappa shape index (κ2) is 7.00. The van der Waals surface area contributed by atoms with E-state index in [1.165, 1.54) is 0 Å². The zero-order chi connectivity index (χ0) is 18.8. The SMILES string of the molecule is COc1ccc(-c2cc3c(cc2OC)O/C(=C\c2ccccc2)C3=O)cc1. The average Bonchev–Trinajstić information content (AvgIpc) is 3.02. The number of benzene rings is 3. The molecule has 4 heteroatoms. The largest absolute Gasteiger partial charge is 0.497 e. The molecule has 0 unspecified atom stereocenters. The number of Topliss-reactive ketones (excluding diaryl/α,β-unsaturated/α-hetero) is 1. The van der Waals surface area contributed by atoms with E-state index in [2.05, 4.69) is 0 Å². The van der Waals surface area contributed by atoms with E-state index in [0.717, 1.165) is 22.4 Å². The number of hydrogen-bond acceptors (Lipinski definition) is 4. The van der Waals surface area contributed by atoms with E-state index < -0.39 is 0 Å². The van der Waals surface area contributed by atoms with Gasteiger partial charge >= 0.3 is 0 Å². The van der Waals surface area contributed by atoms with Crippen LogP contribution in [0, 0.1) is 0 Å². The van der Waals surface area contributed by atoms with Crippen molar-refractivity contribution >= 4 is 11.9 Å². The second-order valence-electron chi connectivity index (χ2n) is 6.13. The molecule has 0 fully saturated rings. The Kier molecular flexibility index (Phi) is 4.38. The summed E-state index contributed by atoms with van der Waals surface area (Å²) in [6, 6.07) is 20.8. The molecular formula is C23H18O4. The minimum absolute atomic E-state index is 0.133. The Morgan fingerprint density at radius 3 is 2.26 bits per heavy atom. The van der Waals surface area contributed by atoms with Gasteiger partial charge in [0.15, 0.2) is 5.76 Å². The molecule has 0 saturated carbocycles. The van der Waals surface area contributed by atoms with Crippen molar-refractivity contribution in [1.29, 1.82) is 0 Å². The van der Waals surface area contributed by atoms with Crippen LogP contribution in [0.15, 0.2) is 72.5 Å². The summed E-state index contributed by atoms with van der Waals surface area (Å²) >= 11 is 0. The molecule has 27 heavy (non-hydrogen) atoms. The number of carbonyl (C=O) groups is 1. The van der Waals surface area contributed by atoms with Crippen molar-refractivity contribution in [1.82, 2.24) is 0 Å². The second-order valence-corrected chi connectivity index (χ2v) is 6.13. The molecule has 1 aliphatic heterocycles. The third-order valence-corrected chi connectivity index (χ3v) is 4.49. The minimum Gasteiger partial charge on any atom is -0.497 e. The van der Waals surface area contributed by atoms with Gasteiger partial charge in [0.1, 0.15) is 17.2 Å². The maximum atomic E-state index is 12.8. The lowest BCUT2D eigenvalue weighted by Gasteiger charge is -2.11. The van der Waals surface area contributed by atoms with Gasteiger partial charge in [-0.25, -0.2) is 0 Å². The van der Waals surface area contributed by atoms with Gasteiger partial charge in [0, 0.05) is 11.6 Å².